The first-order valence-corrected chi connectivity index (χ1v) is 12.2. The van der Waals surface area contributed by atoms with E-state index >= 15 is 0 Å². The molecule has 5 rings (SSSR count). The maximum atomic E-state index is 12.7. The van der Waals surface area contributed by atoms with Crippen LogP contribution in [0.15, 0.2) is 29.2 Å². The minimum absolute atomic E-state index is 0.0312. The van der Waals surface area contributed by atoms with E-state index in [9.17, 15) is 13.8 Å². The third-order valence-corrected chi connectivity index (χ3v) is 7.97. The Balaban J connectivity index is 1.17. The minimum Gasteiger partial charge on any atom is -0.318 e. The normalized spacial score (nSPS) is 18.9. The van der Waals surface area contributed by atoms with Crippen molar-refractivity contribution in [1.29, 1.82) is 0 Å². The van der Waals surface area contributed by atoms with Crippen molar-refractivity contribution < 1.29 is 9.00 Å². The van der Waals surface area contributed by atoms with Gasteiger partial charge in [-0.2, -0.15) is 0 Å². The summed E-state index contributed by atoms with van der Waals surface area (Å²) in [5.41, 5.74) is 7.26. The highest BCUT2D eigenvalue weighted by Crippen LogP contribution is 2.38. The van der Waals surface area contributed by atoms with Crippen molar-refractivity contribution in [2.75, 3.05) is 18.4 Å². The van der Waals surface area contributed by atoms with Crippen molar-refractivity contribution in [2.24, 2.45) is 7.05 Å². The first-order chi connectivity index (χ1) is 15.0. The van der Waals surface area contributed by atoms with Crippen LogP contribution in [0.4, 0.5) is 10.5 Å². The summed E-state index contributed by atoms with van der Waals surface area (Å²) in [5, 5.41) is 2.97. The van der Waals surface area contributed by atoms with E-state index in [0.29, 0.717) is 19.6 Å². The van der Waals surface area contributed by atoms with Crippen LogP contribution in [0.1, 0.15) is 40.7 Å². The smallest absolute Gasteiger partial charge is 0.318 e. The molecule has 1 unspecified atom stereocenters. The van der Waals surface area contributed by atoms with Crippen molar-refractivity contribution in [1.82, 2.24) is 14.2 Å². The number of carbonyl (C=O) groups excluding carboxylic acids is 1. The van der Waals surface area contributed by atoms with Crippen LogP contribution in [0.2, 0.25) is 0 Å². The highest BCUT2D eigenvalue weighted by atomic mass is 32.2. The van der Waals surface area contributed by atoms with Crippen LogP contribution in [-0.2, 0) is 50.3 Å². The molecule has 0 bridgehead atoms. The number of nitrogens with one attached hydrogen (secondary N) is 2. The average molecular weight is 441 g/mol. The van der Waals surface area contributed by atoms with Gasteiger partial charge in [-0.15, -0.1) is 0 Å². The molecule has 1 aliphatic heterocycles. The first kappa shape index (κ1) is 20.5. The highest BCUT2D eigenvalue weighted by Gasteiger charge is 2.33. The molecule has 8 heteroatoms. The minimum atomic E-state index is -1.42. The molecule has 1 atom stereocenters. The molecule has 1 fully saturated rings. The topological polar surface area (TPSA) is 83.4 Å². The fraction of sp³-hybridized carbons (Fsp3) is 0.478. The SMILES string of the molecule is Cn1cc(CN2CC(S(=O)NC(=O)Nc3c4c(cc5c3CCC5)CCC4)C2)ccc1=O. The second-order valence-electron chi connectivity index (χ2n) is 8.89. The van der Waals surface area contributed by atoms with Crippen molar-refractivity contribution in [3.05, 3.63) is 62.6 Å². The summed E-state index contributed by atoms with van der Waals surface area (Å²) in [4.78, 5) is 26.3. The highest BCUT2D eigenvalue weighted by molar-refractivity contribution is 7.84. The van der Waals surface area contributed by atoms with Gasteiger partial charge < -0.3 is 9.88 Å². The molecule has 3 aliphatic rings. The number of anilines is 1. The van der Waals surface area contributed by atoms with Crippen LogP contribution < -0.4 is 15.6 Å². The zero-order valence-electron chi connectivity index (χ0n) is 17.8. The number of urea groups is 1. The summed E-state index contributed by atoms with van der Waals surface area (Å²) >= 11 is 0. The van der Waals surface area contributed by atoms with Crippen LogP contribution in [0, 0.1) is 0 Å². The first-order valence-electron chi connectivity index (χ1n) is 11.0. The van der Waals surface area contributed by atoms with Gasteiger partial charge in [-0.3, -0.25) is 14.4 Å². The maximum absolute atomic E-state index is 12.7. The van der Waals surface area contributed by atoms with Gasteiger partial charge in [0.25, 0.3) is 0 Å². The van der Waals surface area contributed by atoms with Gasteiger partial charge in [0.05, 0.1) is 5.25 Å². The van der Waals surface area contributed by atoms with E-state index in [1.165, 1.54) is 22.3 Å². The predicted molar refractivity (Wildman–Crippen MR) is 122 cm³/mol. The molecule has 0 radical (unpaired) electrons. The lowest BCUT2D eigenvalue weighted by Gasteiger charge is -2.38. The molecule has 1 saturated heterocycles. The largest absolute Gasteiger partial charge is 0.331 e. The monoisotopic (exact) mass is 440 g/mol. The van der Waals surface area contributed by atoms with Gasteiger partial charge in [0.15, 0.2) is 0 Å². The number of hydrogen-bond donors (Lipinski definition) is 2. The van der Waals surface area contributed by atoms with Crippen LogP contribution in [0.25, 0.3) is 0 Å². The summed E-state index contributed by atoms with van der Waals surface area (Å²) < 4.78 is 16.9. The summed E-state index contributed by atoms with van der Waals surface area (Å²) in [6.07, 6.45) is 8.27. The summed E-state index contributed by atoms with van der Waals surface area (Å²) in [6.45, 7) is 2.02. The number of aromatic nitrogens is 1. The van der Waals surface area contributed by atoms with Crippen molar-refractivity contribution in [2.45, 2.75) is 50.3 Å². The Morgan fingerprint density at radius 3 is 2.42 bits per heavy atom. The summed E-state index contributed by atoms with van der Waals surface area (Å²) in [7, 11) is 0.312. The third kappa shape index (κ3) is 4.06. The summed E-state index contributed by atoms with van der Waals surface area (Å²) in [5.74, 6) is 0. The molecule has 0 spiro atoms. The third-order valence-electron chi connectivity index (χ3n) is 6.68. The van der Waals surface area contributed by atoms with Crippen LogP contribution in [0.5, 0.6) is 0 Å². The number of pyridine rings is 1. The van der Waals surface area contributed by atoms with E-state index in [0.717, 1.165) is 49.8 Å². The summed E-state index contributed by atoms with van der Waals surface area (Å²) in [6, 6.07) is 5.35. The van der Waals surface area contributed by atoms with Gasteiger partial charge in [0, 0.05) is 44.6 Å². The lowest BCUT2D eigenvalue weighted by molar-refractivity contribution is 0.178. The Morgan fingerprint density at radius 1 is 1.10 bits per heavy atom. The van der Waals surface area contributed by atoms with Crippen LogP contribution >= 0.6 is 0 Å². The molecule has 2 amide bonds. The second kappa shape index (κ2) is 8.24. The molecule has 31 heavy (non-hydrogen) atoms. The number of fused-ring (bicyclic) bond motifs is 2. The van der Waals surface area contributed by atoms with Gasteiger partial charge in [0.1, 0.15) is 11.0 Å². The molecule has 2 heterocycles. The van der Waals surface area contributed by atoms with E-state index in [1.807, 2.05) is 12.3 Å². The van der Waals surface area contributed by atoms with Crippen molar-refractivity contribution in [3.8, 4) is 0 Å². The van der Waals surface area contributed by atoms with Gasteiger partial charge in [0.2, 0.25) is 5.56 Å². The zero-order chi connectivity index (χ0) is 21.5. The Hall–Kier alpha value is -2.45. The zero-order valence-corrected chi connectivity index (χ0v) is 18.6. The van der Waals surface area contributed by atoms with E-state index in [1.54, 1.807) is 17.7 Å². The van der Waals surface area contributed by atoms with Gasteiger partial charge in [-0.25, -0.2) is 9.00 Å². The number of aryl methyl sites for hydroxylation is 3. The van der Waals surface area contributed by atoms with Crippen LogP contribution in [0.3, 0.4) is 0 Å². The Labute approximate surface area is 184 Å². The van der Waals surface area contributed by atoms with E-state index in [-0.39, 0.29) is 16.8 Å². The van der Waals surface area contributed by atoms with Crippen LogP contribution in [-0.4, -0.2) is 38.0 Å². The second-order valence-corrected chi connectivity index (χ2v) is 10.4. The molecule has 0 saturated carbocycles. The number of benzene rings is 1. The Bertz CT molecular complexity index is 1090. The lowest BCUT2D eigenvalue weighted by atomic mass is 9.99. The predicted octanol–water partition coefficient (Wildman–Crippen LogP) is 2.03. The van der Waals surface area contributed by atoms with E-state index in [4.69, 9.17) is 0 Å². The van der Waals surface area contributed by atoms with Gasteiger partial charge in [-0.05, 0) is 66.3 Å². The number of carbonyl (C=O) groups is 1. The molecule has 7 nitrogen and oxygen atoms in total. The fourth-order valence-corrected chi connectivity index (χ4v) is 6.16. The van der Waals surface area contributed by atoms with Crippen molar-refractivity contribution >= 4 is 22.7 Å². The van der Waals surface area contributed by atoms with Gasteiger partial charge >= 0.3 is 6.03 Å². The molecular weight excluding hydrogens is 412 g/mol. The number of likely N-dealkylation sites (tertiary alicyclic amines) is 1. The van der Waals surface area contributed by atoms with Crippen molar-refractivity contribution in [3.63, 3.8) is 0 Å². The number of hydrogen-bond acceptors (Lipinski definition) is 4. The van der Waals surface area contributed by atoms with Gasteiger partial charge in [-0.1, -0.05) is 12.1 Å². The molecule has 2 aliphatic carbocycles. The molecule has 2 aromatic rings. The number of amides is 2. The molecular formula is C23H28N4O3S. The maximum Gasteiger partial charge on any atom is 0.331 e. The lowest BCUT2D eigenvalue weighted by Crippen LogP contribution is -2.55. The Morgan fingerprint density at radius 2 is 1.77 bits per heavy atom. The fourth-order valence-electron chi connectivity index (χ4n) is 5.07. The number of nitrogens with zero attached hydrogens (tertiary/aromatic N) is 2. The Kier molecular flexibility index (Phi) is 5.44. The molecule has 164 valence electrons. The van der Waals surface area contributed by atoms with E-state index < -0.39 is 11.0 Å². The standard InChI is InChI=1S/C23H28N4O3S/c1-26-11-15(8-9-21(26)28)12-27-13-18(14-27)31(30)25-23(29)24-22-19-6-2-4-16(19)10-17-5-3-7-20(17)22/h8-11,18H,2-7,12-14H2,1H3,(H2,24,25,29). The molecule has 1 aromatic carbocycles. The molecule has 2 N–H and O–H groups in total. The van der Waals surface area contributed by atoms with E-state index in [2.05, 4.69) is 21.0 Å². The molecule has 1 aromatic heterocycles. The quantitative estimate of drug-likeness (QED) is 0.745. The average Bonchev–Trinajstić information content (AvgIpc) is 3.36. The number of rotatable bonds is 5.